The van der Waals surface area contributed by atoms with Gasteiger partial charge in [-0.25, -0.2) is 4.39 Å². The van der Waals surface area contributed by atoms with Crippen LogP contribution in [0.4, 0.5) is 10.1 Å². The Balaban J connectivity index is 2.43. The lowest BCUT2D eigenvalue weighted by Crippen LogP contribution is -2.15. The van der Waals surface area contributed by atoms with Gasteiger partial charge in [-0.3, -0.25) is 4.57 Å². The third-order valence-electron chi connectivity index (χ3n) is 3.45. The predicted molar refractivity (Wildman–Crippen MR) is 94.8 cm³/mol. The van der Waals surface area contributed by atoms with E-state index in [0.717, 1.165) is 11.3 Å². The van der Waals surface area contributed by atoms with Gasteiger partial charge in [0.05, 0.1) is 13.2 Å². The molecule has 0 aromatic heterocycles. The van der Waals surface area contributed by atoms with E-state index in [0.29, 0.717) is 5.56 Å². The number of anilines is 1. The summed E-state index contributed by atoms with van der Waals surface area (Å²) < 4.78 is 37.9. The average molecular weight is 351 g/mol. The topological polar surface area (TPSA) is 47.6 Å². The van der Waals surface area contributed by atoms with E-state index in [9.17, 15) is 8.96 Å². The molecule has 130 valence electrons. The Morgan fingerprint density at radius 3 is 2.25 bits per heavy atom. The summed E-state index contributed by atoms with van der Waals surface area (Å²) in [5.74, 6) is -1.20. The van der Waals surface area contributed by atoms with Gasteiger partial charge >= 0.3 is 7.60 Å². The minimum Gasteiger partial charge on any atom is -0.368 e. The maximum atomic E-state index is 13.7. The number of benzene rings is 2. The molecule has 0 aliphatic heterocycles. The number of hydrogen-bond donors (Lipinski definition) is 1. The smallest absolute Gasteiger partial charge is 0.357 e. The molecule has 1 N–H and O–H groups in total. The highest BCUT2D eigenvalue weighted by Crippen LogP contribution is 2.60. The molecule has 2 rings (SSSR count). The van der Waals surface area contributed by atoms with E-state index in [1.807, 2.05) is 31.2 Å². The molecule has 0 fully saturated rings. The number of nitrogens with one attached hydrogen (secondary N) is 1. The third kappa shape index (κ3) is 4.67. The second kappa shape index (κ2) is 8.43. The highest BCUT2D eigenvalue weighted by atomic mass is 31.2. The van der Waals surface area contributed by atoms with Crippen molar-refractivity contribution < 1.29 is 18.0 Å². The predicted octanol–water partition coefficient (Wildman–Crippen LogP) is 5.51. The zero-order valence-corrected chi connectivity index (χ0v) is 15.1. The quantitative estimate of drug-likeness (QED) is 0.637. The van der Waals surface area contributed by atoms with Gasteiger partial charge in [0.25, 0.3) is 0 Å². The van der Waals surface area contributed by atoms with E-state index in [-0.39, 0.29) is 13.2 Å². The van der Waals surface area contributed by atoms with E-state index in [1.165, 1.54) is 12.1 Å². The van der Waals surface area contributed by atoms with Crippen LogP contribution >= 0.6 is 7.60 Å². The maximum absolute atomic E-state index is 13.7. The van der Waals surface area contributed by atoms with E-state index in [4.69, 9.17) is 9.05 Å². The van der Waals surface area contributed by atoms with E-state index < -0.39 is 19.2 Å². The molecule has 0 aliphatic carbocycles. The lowest BCUT2D eigenvalue weighted by atomic mass is 10.2. The number of hydrogen-bond acceptors (Lipinski definition) is 4. The molecule has 1 atom stereocenters. The fourth-order valence-electron chi connectivity index (χ4n) is 2.38. The standard InChI is InChI=1S/C18H23FNO3P/c1-4-22-24(21,23-5-2)18(15-7-6-8-16(19)13-15)20-17-11-9-14(3)10-12-17/h6-13,18,20H,4-5H2,1-3H3. The monoisotopic (exact) mass is 351 g/mol. The van der Waals surface area contributed by atoms with Gasteiger partial charge in [-0.2, -0.15) is 0 Å². The Hall–Kier alpha value is -1.68. The second-order valence-corrected chi connectivity index (χ2v) is 7.46. The summed E-state index contributed by atoms with van der Waals surface area (Å²) in [5, 5.41) is 3.18. The van der Waals surface area contributed by atoms with E-state index in [2.05, 4.69) is 5.32 Å². The lowest BCUT2D eigenvalue weighted by molar-refractivity contribution is 0.214. The minimum atomic E-state index is -3.53. The molecule has 0 saturated carbocycles. The lowest BCUT2D eigenvalue weighted by Gasteiger charge is -2.28. The molecule has 0 spiro atoms. The van der Waals surface area contributed by atoms with Crippen molar-refractivity contribution in [3.05, 3.63) is 65.5 Å². The molecular formula is C18H23FNO3P. The van der Waals surface area contributed by atoms with Crippen molar-refractivity contribution >= 4 is 13.3 Å². The fourth-order valence-corrected chi connectivity index (χ4v) is 4.30. The maximum Gasteiger partial charge on any atom is 0.357 e. The van der Waals surface area contributed by atoms with Crippen LogP contribution < -0.4 is 5.32 Å². The summed E-state index contributed by atoms with van der Waals surface area (Å²) in [6.07, 6.45) is 0. The van der Waals surface area contributed by atoms with Crippen LogP contribution in [0, 0.1) is 12.7 Å². The van der Waals surface area contributed by atoms with Gasteiger partial charge in [-0.1, -0.05) is 29.8 Å². The molecule has 24 heavy (non-hydrogen) atoms. The van der Waals surface area contributed by atoms with Crippen LogP contribution in [0.5, 0.6) is 0 Å². The minimum absolute atomic E-state index is 0.235. The normalized spacial score (nSPS) is 12.8. The van der Waals surface area contributed by atoms with Gasteiger partial charge in [-0.05, 0) is 50.6 Å². The number of halogens is 1. The Morgan fingerprint density at radius 2 is 1.71 bits per heavy atom. The van der Waals surface area contributed by atoms with Crippen molar-refractivity contribution in [1.82, 2.24) is 0 Å². The van der Waals surface area contributed by atoms with Crippen molar-refractivity contribution in [2.45, 2.75) is 26.6 Å². The van der Waals surface area contributed by atoms with Crippen LogP contribution in [-0.4, -0.2) is 13.2 Å². The second-order valence-electron chi connectivity index (χ2n) is 5.34. The molecule has 0 radical (unpaired) electrons. The Bertz CT molecular complexity index is 696. The zero-order valence-electron chi connectivity index (χ0n) is 14.2. The van der Waals surface area contributed by atoms with Gasteiger partial charge in [-0.15, -0.1) is 0 Å². The van der Waals surface area contributed by atoms with Crippen molar-refractivity contribution in [2.24, 2.45) is 0 Å². The van der Waals surface area contributed by atoms with Crippen molar-refractivity contribution in [1.29, 1.82) is 0 Å². The number of aryl methyl sites for hydroxylation is 1. The molecule has 6 heteroatoms. The summed E-state index contributed by atoms with van der Waals surface area (Å²) >= 11 is 0. The summed E-state index contributed by atoms with van der Waals surface area (Å²) in [4.78, 5) is 0. The van der Waals surface area contributed by atoms with Crippen LogP contribution in [0.2, 0.25) is 0 Å². The summed E-state index contributed by atoms with van der Waals surface area (Å²) in [6.45, 7) is 5.96. The van der Waals surface area contributed by atoms with E-state index >= 15 is 0 Å². The van der Waals surface area contributed by atoms with Crippen LogP contribution in [0.15, 0.2) is 48.5 Å². The fraction of sp³-hybridized carbons (Fsp3) is 0.333. The van der Waals surface area contributed by atoms with Gasteiger partial charge in [0, 0.05) is 5.69 Å². The molecule has 2 aromatic carbocycles. The molecule has 2 aromatic rings. The molecule has 0 aliphatic rings. The largest absolute Gasteiger partial charge is 0.368 e. The molecule has 0 saturated heterocycles. The first kappa shape index (κ1) is 18.7. The van der Waals surface area contributed by atoms with Crippen molar-refractivity contribution in [2.75, 3.05) is 18.5 Å². The molecular weight excluding hydrogens is 328 g/mol. The van der Waals surface area contributed by atoms with Gasteiger partial charge in [0.2, 0.25) is 0 Å². The van der Waals surface area contributed by atoms with Gasteiger partial charge in [0.1, 0.15) is 5.82 Å². The zero-order chi connectivity index (χ0) is 17.6. The SMILES string of the molecule is CCOP(=O)(OCC)C(Nc1ccc(C)cc1)c1cccc(F)c1. The summed E-state index contributed by atoms with van der Waals surface area (Å²) in [7, 11) is -3.53. The van der Waals surface area contributed by atoms with Crippen LogP contribution in [0.3, 0.4) is 0 Å². The van der Waals surface area contributed by atoms with Gasteiger partial charge < -0.3 is 14.4 Å². The summed E-state index contributed by atoms with van der Waals surface area (Å²) in [6, 6.07) is 13.6. The molecule has 1 unspecified atom stereocenters. The van der Waals surface area contributed by atoms with E-state index in [1.54, 1.807) is 26.0 Å². The molecule has 0 heterocycles. The van der Waals surface area contributed by atoms with Crippen LogP contribution in [0.25, 0.3) is 0 Å². The highest BCUT2D eigenvalue weighted by Gasteiger charge is 2.37. The first-order valence-corrected chi connectivity index (χ1v) is 9.57. The van der Waals surface area contributed by atoms with Crippen molar-refractivity contribution in [3.63, 3.8) is 0 Å². The third-order valence-corrected chi connectivity index (χ3v) is 5.75. The first-order chi connectivity index (χ1) is 11.5. The van der Waals surface area contributed by atoms with Crippen molar-refractivity contribution in [3.8, 4) is 0 Å². The van der Waals surface area contributed by atoms with Gasteiger partial charge in [0.15, 0.2) is 5.78 Å². The molecule has 0 bridgehead atoms. The Morgan fingerprint density at radius 1 is 1.08 bits per heavy atom. The molecule has 0 amide bonds. The number of rotatable bonds is 8. The Labute approximate surface area is 142 Å². The van der Waals surface area contributed by atoms with Crippen LogP contribution in [-0.2, 0) is 13.6 Å². The summed E-state index contributed by atoms with van der Waals surface area (Å²) in [5.41, 5.74) is 2.39. The average Bonchev–Trinajstić information content (AvgIpc) is 2.54. The first-order valence-electron chi connectivity index (χ1n) is 7.96. The Kier molecular flexibility index (Phi) is 6.55. The van der Waals surface area contributed by atoms with Crippen LogP contribution in [0.1, 0.15) is 30.8 Å². The highest BCUT2D eigenvalue weighted by molar-refractivity contribution is 7.54. The molecule has 4 nitrogen and oxygen atoms in total.